The number of para-hydroxylation sites is 2. The number of nitriles is 1. The Bertz CT molecular complexity index is 1510. The molecule has 0 aliphatic rings. The van der Waals surface area contributed by atoms with Gasteiger partial charge in [0.2, 0.25) is 11.8 Å². The van der Waals surface area contributed by atoms with Gasteiger partial charge in [0.1, 0.15) is 5.92 Å². The van der Waals surface area contributed by atoms with Gasteiger partial charge in [0.15, 0.2) is 0 Å². The molecule has 1 atom stereocenters. The Hall–Kier alpha value is -5.42. The van der Waals surface area contributed by atoms with E-state index in [0.29, 0.717) is 33.8 Å². The molecule has 8 heteroatoms. The standard InChI is InChI=1S/C30H25N5O3/c31-18-21-9-6-10-24(17-21)35(19-20-7-2-1-3-8-20)30(38)27(28(33)36)22-13-15-23(16-14-22)29(37)34-26-12-5-4-11-25(26)32/h1-17,27H,19,32H2,(H2,33,36)(H,34,37). The van der Waals surface area contributed by atoms with Gasteiger partial charge in [-0.1, -0.05) is 60.7 Å². The number of nitrogens with two attached hydrogens (primary N) is 2. The predicted octanol–water partition coefficient (Wildman–Crippen LogP) is 4.20. The smallest absolute Gasteiger partial charge is 0.255 e. The molecule has 0 bridgehead atoms. The van der Waals surface area contributed by atoms with Crippen LogP contribution >= 0.6 is 0 Å². The highest BCUT2D eigenvalue weighted by Gasteiger charge is 2.32. The van der Waals surface area contributed by atoms with E-state index in [1.807, 2.05) is 30.3 Å². The van der Waals surface area contributed by atoms with E-state index in [0.717, 1.165) is 5.56 Å². The van der Waals surface area contributed by atoms with Crippen molar-refractivity contribution in [3.05, 3.63) is 125 Å². The largest absolute Gasteiger partial charge is 0.397 e. The van der Waals surface area contributed by atoms with Crippen molar-refractivity contribution < 1.29 is 14.4 Å². The van der Waals surface area contributed by atoms with Crippen LogP contribution in [0.4, 0.5) is 17.1 Å². The Labute approximate surface area is 220 Å². The molecule has 0 saturated carbocycles. The Kier molecular flexibility index (Phi) is 7.80. The SMILES string of the molecule is N#Cc1cccc(N(Cc2ccccc2)C(=O)C(C(N)=O)c2ccc(C(=O)Nc3ccccc3N)cc2)c1. The van der Waals surface area contributed by atoms with E-state index in [1.54, 1.807) is 48.5 Å². The summed E-state index contributed by atoms with van der Waals surface area (Å²) in [5.41, 5.74) is 14.8. The van der Waals surface area contributed by atoms with Gasteiger partial charge in [0.25, 0.3) is 5.91 Å². The molecular formula is C30H25N5O3. The zero-order valence-electron chi connectivity index (χ0n) is 20.4. The number of benzene rings is 4. The molecule has 4 aromatic carbocycles. The lowest BCUT2D eigenvalue weighted by Crippen LogP contribution is -2.40. The average Bonchev–Trinajstić information content (AvgIpc) is 2.93. The zero-order valence-corrected chi connectivity index (χ0v) is 20.4. The number of carbonyl (C=O) groups excluding carboxylic acids is 3. The summed E-state index contributed by atoms with van der Waals surface area (Å²) in [5, 5.41) is 12.1. The van der Waals surface area contributed by atoms with Crippen molar-refractivity contribution in [2.45, 2.75) is 12.5 Å². The highest BCUT2D eigenvalue weighted by molar-refractivity contribution is 6.12. The van der Waals surface area contributed by atoms with Crippen LogP contribution in [0.2, 0.25) is 0 Å². The molecule has 0 aliphatic carbocycles. The Morgan fingerprint density at radius 1 is 0.868 bits per heavy atom. The second-order valence-electron chi connectivity index (χ2n) is 8.57. The van der Waals surface area contributed by atoms with E-state index >= 15 is 0 Å². The van der Waals surface area contributed by atoms with E-state index in [4.69, 9.17) is 11.5 Å². The summed E-state index contributed by atoms with van der Waals surface area (Å²) in [5.74, 6) is -3.09. The van der Waals surface area contributed by atoms with E-state index in [2.05, 4.69) is 11.4 Å². The minimum Gasteiger partial charge on any atom is -0.397 e. The molecular weight excluding hydrogens is 478 g/mol. The van der Waals surface area contributed by atoms with Crippen LogP contribution < -0.4 is 21.7 Å². The summed E-state index contributed by atoms with van der Waals surface area (Å²) >= 11 is 0. The van der Waals surface area contributed by atoms with Crippen molar-refractivity contribution in [1.29, 1.82) is 5.26 Å². The molecule has 8 nitrogen and oxygen atoms in total. The second kappa shape index (κ2) is 11.5. The lowest BCUT2D eigenvalue weighted by molar-refractivity contribution is -0.128. The van der Waals surface area contributed by atoms with Gasteiger partial charge >= 0.3 is 0 Å². The maximum absolute atomic E-state index is 13.8. The van der Waals surface area contributed by atoms with Gasteiger partial charge in [-0.2, -0.15) is 5.26 Å². The molecule has 38 heavy (non-hydrogen) atoms. The monoisotopic (exact) mass is 503 g/mol. The number of primary amides is 1. The molecule has 0 saturated heterocycles. The minimum absolute atomic E-state index is 0.164. The first-order chi connectivity index (χ1) is 18.4. The van der Waals surface area contributed by atoms with Crippen molar-refractivity contribution in [3.8, 4) is 6.07 Å². The number of rotatable bonds is 8. The van der Waals surface area contributed by atoms with Crippen LogP contribution in [0, 0.1) is 11.3 Å². The van der Waals surface area contributed by atoms with Crippen LogP contribution in [0.25, 0.3) is 0 Å². The molecule has 0 aliphatic heterocycles. The number of nitrogens with zero attached hydrogens (tertiary/aromatic N) is 2. The van der Waals surface area contributed by atoms with Crippen molar-refractivity contribution in [1.82, 2.24) is 0 Å². The topological polar surface area (TPSA) is 142 Å². The van der Waals surface area contributed by atoms with Gasteiger partial charge < -0.3 is 21.7 Å². The van der Waals surface area contributed by atoms with Gasteiger partial charge in [-0.05, 0) is 53.6 Å². The highest BCUT2D eigenvalue weighted by Crippen LogP contribution is 2.26. The third-order valence-corrected chi connectivity index (χ3v) is 5.98. The van der Waals surface area contributed by atoms with Crippen LogP contribution in [0.3, 0.4) is 0 Å². The number of hydrogen-bond donors (Lipinski definition) is 3. The number of nitrogen functional groups attached to an aromatic ring is 1. The van der Waals surface area contributed by atoms with Crippen LogP contribution in [0.15, 0.2) is 103 Å². The first-order valence-corrected chi connectivity index (χ1v) is 11.8. The average molecular weight is 504 g/mol. The maximum atomic E-state index is 13.8. The molecule has 4 rings (SSSR count). The Morgan fingerprint density at radius 3 is 2.21 bits per heavy atom. The molecule has 188 valence electrons. The Morgan fingerprint density at radius 2 is 1.55 bits per heavy atom. The molecule has 1 unspecified atom stereocenters. The fourth-order valence-electron chi connectivity index (χ4n) is 4.02. The van der Waals surface area contributed by atoms with Crippen molar-refractivity contribution in [2.75, 3.05) is 16.0 Å². The van der Waals surface area contributed by atoms with Gasteiger partial charge in [-0.15, -0.1) is 0 Å². The molecule has 0 fully saturated rings. The third kappa shape index (κ3) is 5.86. The van der Waals surface area contributed by atoms with Crippen LogP contribution in [0.1, 0.15) is 33.0 Å². The number of anilines is 3. The van der Waals surface area contributed by atoms with Gasteiger partial charge in [-0.3, -0.25) is 14.4 Å². The van der Waals surface area contributed by atoms with E-state index in [-0.39, 0.29) is 6.54 Å². The van der Waals surface area contributed by atoms with Crippen molar-refractivity contribution in [2.24, 2.45) is 5.73 Å². The van der Waals surface area contributed by atoms with Gasteiger partial charge in [0.05, 0.1) is 29.6 Å². The number of hydrogen-bond acceptors (Lipinski definition) is 5. The lowest BCUT2D eigenvalue weighted by Gasteiger charge is -2.27. The summed E-state index contributed by atoms with van der Waals surface area (Å²) in [6.07, 6.45) is 0. The van der Waals surface area contributed by atoms with Crippen molar-refractivity contribution >= 4 is 34.8 Å². The molecule has 0 heterocycles. The van der Waals surface area contributed by atoms with E-state index in [9.17, 15) is 19.6 Å². The third-order valence-electron chi connectivity index (χ3n) is 5.98. The number of amides is 3. The van der Waals surface area contributed by atoms with Crippen molar-refractivity contribution in [3.63, 3.8) is 0 Å². The second-order valence-corrected chi connectivity index (χ2v) is 8.57. The summed E-state index contributed by atoms with van der Waals surface area (Å²) in [4.78, 5) is 40.6. The molecule has 5 N–H and O–H groups in total. The molecule has 0 aromatic heterocycles. The number of nitrogens with one attached hydrogen (secondary N) is 1. The predicted molar refractivity (Wildman–Crippen MR) is 146 cm³/mol. The number of carbonyl (C=O) groups is 3. The van der Waals surface area contributed by atoms with E-state index < -0.39 is 23.6 Å². The Balaban J connectivity index is 1.64. The fourth-order valence-corrected chi connectivity index (χ4v) is 4.02. The quantitative estimate of drug-likeness (QED) is 0.244. The molecule has 3 amide bonds. The summed E-state index contributed by atoms with van der Waals surface area (Å²) in [7, 11) is 0. The van der Waals surface area contributed by atoms with Gasteiger partial charge in [-0.25, -0.2) is 0 Å². The van der Waals surface area contributed by atoms with E-state index in [1.165, 1.54) is 29.2 Å². The lowest BCUT2D eigenvalue weighted by atomic mass is 9.95. The molecule has 0 radical (unpaired) electrons. The van der Waals surface area contributed by atoms with Gasteiger partial charge in [0, 0.05) is 11.3 Å². The van der Waals surface area contributed by atoms with Crippen LogP contribution in [0.5, 0.6) is 0 Å². The first-order valence-electron chi connectivity index (χ1n) is 11.8. The minimum atomic E-state index is -1.31. The van der Waals surface area contributed by atoms with Crippen LogP contribution in [-0.4, -0.2) is 17.7 Å². The summed E-state index contributed by atoms with van der Waals surface area (Å²) < 4.78 is 0. The van der Waals surface area contributed by atoms with Crippen LogP contribution in [-0.2, 0) is 16.1 Å². The normalized spacial score (nSPS) is 11.1. The summed E-state index contributed by atoms with van der Waals surface area (Å²) in [6, 6.07) is 30.9. The fraction of sp³-hybridized carbons (Fsp3) is 0.0667. The first kappa shape index (κ1) is 25.7. The zero-order chi connectivity index (χ0) is 27.1. The summed E-state index contributed by atoms with van der Waals surface area (Å²) in [6.45, 7) is 0.164. The molecule has 4 aromatic rings. The molecule has 0 spiro atoms. The highest BCUT2D eigenvalue weighted by atomic mass is 16.2. The maximum Gasteiger partial charge on any atom is 0.255 e.